The Kier molecular flexibility index (Phi) is 6.67. The molecule has 4 aromatic rings. The minimum atomic E-state index is -0.313. The summed E-state index contributed by atoms with van der Waals surface area (Å²) < 4.78 is 25.7. The summed E-state index contributed by atoms with van der Waals surface area (Å²) >= 11 is 5.94. The molecule has 0 spiro atoms. The van der Waals surface area contributed by atoms with Gasteiger partial charge in [-0.25, -0.2) is 9.07 Å². The molecule has 0 bridgehead atoms. The van der Waals surface area contributed by atoms with E-state index in [1.807, 2.05) is 0 Å². The van der Waals surface area contributed by atoms with E-state index in [1.165, 1.54) is 12.1 Å². The van der Waals surface area contributed by atoms with Gasteiger partial charge < -0.3 is 14.8 Å². The number of aromatic nitrogens is 2. The molecule has 1 aromatic heterocycles. The summed E-state index contributed by atoms with van der Waals surface area (Å²) in [5.41, 5.74) is 1.93. The van der Waals surface area contributed by atoms with Crippen molar-refractivity contribution in [2.24, 2.45) is 0 Å². The van der Waals surface area contributed by atoms with Gasteiger partial charge in [-0.15, -0.1) is 0 Å². The quantitative estimate of drug-likeness (QED) is 0.382. The second-order valence-corrected chi connectivity index (χ2v) is 7.33. The maximum atomic E-state index is 12.9. The average Bonchev–Trinajstić information content (AvgIpc) is 3.25. The van der Waals surface area contributed by atoms with Crippen LogP contribution in [0.15, 0.2) is 85.2 Å². The molecule has 3 aromatic carbocycles. The third kappa shape index (κ3) is 5.86. The number of halogens is 2. The smallest absolute Gasteiger partial charge is 0.255 e. The van der Waals surface area contributed by atoms with Crippen molar-refractivity contribution in [2.45, 2.75) is 13.3 Å². The number of anilines is 1. The van der Waals surface area contributed by atoms with Gasteiger partial charge in [0, 0.05) is 10.6 Å². The lowest BCUT2D eigenvalue weighted by Crippen LogP contribution is -2.11. The van der Waals surface area contributed by atoms with Crippen LogP contribution in [0.1, 0.15) is 15.9 Å². The van der Waals surface area contributed by atoms with Gasteiger partial charge in [0.05, 0.1) is 18.1 Å². The fraction of sp³-hybridized carbons (Fsp3) is 0.0833. The van der Waals surface area contributed by atoms with E-state index in [0.717, 1.165) is 5.56 Å². The van der Waals surface area contributed by atoms with E-state index in [0.29, 0.717) is 34.4 Å². The lowest BCUT2D eigenvalue weighted by molar-refractivity contribution is 0.102. The van der Waals surface area contributed by atoms with E-state index in [1.54, 1.807) is 77.7 Å². The zero-order valence-electron chi connectivity index (χ0n) is 16.9. The minimum Gasteiger partial charge on any atom is -0.489 e. The number of benzene rings is 3. The summed E-state index contributed by atoms with van der Waals surface area (Å²) in [5, 5.41) is 7.57. The maximum Gasteiger partial charge on any atom is 0.255 e. The van der Waals surface area contributed by atoms with Crippen molar-refractivity contribution in [1.29, 1.82) is 0 Å². The van der Waals surface area contributed by atoms with E-state index < -0.39 is 0 Å². The highest BCUT2D eigenvalue weighted by molar-refractivity contribution is 6.30. The van der Waals surface area contributed by atoms with Crippen molar-refractivity contribution in [3.8, 4) is 11.5 Å². The van der Waals surface area contributed by atoms with Crippen LogP contribution in [-0.2, 0) is 13.3 Å². The molecule has 162 valence electrons. The van der Waals surface area contributed by atoms with Crippen molar-refractivity contribution in [1.82, 2.24) is 9.78 Å². The summed E-state index contributed by atoms with van der Waals surface area (Å²) in [7, 11) is 0. The van der Waals surface area contributed by atoms with E-state index in [2.05, 4.69) is 10.4 Å². The van der Waals surface area contributed by atoms with Gasteiger partial charge in [0.2, 0.25) is 0 Å². The Hall–Kier alpha value is -3.84. The van der Waals surface area contributed by atoms with Crippen LogP contribution in [0, 0.1) is 5.82 Å². The maximum absolute atomic E-state index is 12.9. The number of carbonyl (C=O) groups is 1. The number of nitrogens with zero attached hydrogens (tertiary/aromatic N) is 2. The Morgan fingerprint density at radius 1 is 1.00 bits per heavy atom. The molecule has 0 atom stereocenters. The van der Waals surface area contributed by atoms with E-state index in [-0.39, 0.29) is 18.5 Å². The van der Waals surface area contributed by atoms with Crippen molar-refractivity contribution < 1.29 is 18.7 Å². The van der Waals surface area contributed by atoms with E-state index in [4.69, 9.17) is 21.1 Å². The van der Waals surface area contributed by atoms with Gasteiger partial charge in [0.25, 0.3) is 5.91 Å². The SMILES string of the molecule is O=C(Nc1cnn(COc2cccc(Cl)c2)c1)c1ccc(COc2ccc(F)cc2)cc1. The Morgan fingerprint density at radius 2 is 1.78 bits per heavy atom. The summed E-state index contributed by atoms with van der Waals surface area (Å²) in [6, 6.07) is 19.9. The molecule has 0 aliphatic carbocycles. The van der Waals surface area contributed by atoms with Gasteiger partial charge in [0.1, 0.15) is 23.9 Å². The molecular weight excluding hydrogens is 433 g/mol. The molecule has 0 radical (unpaired) electrons. The van der Waals surface area contributed by atoms with Crippen LogP contribution in [0.3, 0.4) is 0 Å². The Bertz CT molecular complexity index is 1190. The van der Waals surface area contributed by atoms with Gasteiger partial charge in [-0.2, -0.15) is 5.10 Å². The molecule has 0 aliphatic rings. The molecule has 1 heterocycles. The molecule has 4 rings (SSSR count). The molecule has 6 nitrogen and oxygen atoms in total. The molecule has 32 heavy (non-hydrogen) atoms. The number of carbonyl (C=O) groups excluding carboxylic acids is 1. The number of amides is 1. The van der Waals surface area contributed by atoms with Crippen LogP contribution in [0.4, 0.5) is 10.1 Å². The molecule has 1 N–H and O–H groups in total. The second-order valence-electron chi connectivity index (χ2n) is 6.89. The lowest BCUT2D eigenvalue weighted by atomic mass is 10.1. The van der Waals surface area contributed by atoms with Gasteiger partial charge in [-0.05, 0) is 60.2 Å². The largest absolute Gasteiger partial charge is 0.489 e. The predicted molar refractivity (Wildman–Crippen MR) is 119 cm³/mol. The first-order valence-corrected chi connectivity index (χ1v) is 10.1. The first-order valence-electron chi connectivity index (χ1n) is 9.75. The average molecular weight is 452 g/mol. The fourth-order valence-electron chi connectivity index (χ4n) is 2.85. The van der Waals surface area contributed by atoms with Crippen LogP contribution < -0.4 is 14.8 Å². The van der Waals surface area contributed by atoms with E-state index in [9.17, 15) is 9.18 Å². The third-order valence-corrected chi connectivity index (χ3v) is 4.72. The highest BCUT2D eigenvalue weighted by atomic mass is 35.5. The number of rotatable bonds is 8. The topological polar surface area (TPSA) is 65.4 Å². The molecule has 0 fully saturated rings. The van der Waals surface area contributed by atoms with Crippen LogP contribution in [0.2, 0.25) is 5.02 Å². The Balaban J connectivity index is 1.28. The van der Waals surface area contributed by atoms with Crippen LogP contribution in [-0.4, -0.2) is 15.7 Å². The van der Waals surface area contributed by atoms with E-state index >= 15 is 0 Å². The normalized spacial score (nSPS) is 10.6. The molecule has 0 saturated heterocycles. The first-order chi connectivity index (χ1) is 15.5. The predicted octanol–water partition coefficient (Wildman–Crippen LogP) is 5.54. The molecule has 0 unspecified atom stereocenters. The number of nitrogens with one attached hydrogen (secondary N) is 1. The molecule has 0 saturated carbocycles. The number of hydrogen-bond acceptors (Lipinski definition) is 4. The Labute approximate surface area is 189 Å². The third-order valence-electron chi connectivity index (χ3n) is 4.49. The second kappa shape index (κ2) is 9.98. The summed E-state index contributed by atoms with van der Waals surface area (Å²) in [6.07, 6.45) is 3.22. The van der Waals surface area contributed by atoms with Gasteiger partial charge >= 0.3 is 0 Å². The number of ether oxygens (including phenoxy) is 2. The van der Waals surface area contributed by atoms with Crippen molar-refractivity contribution in [3.05, 3.63) is 107 Å². The van der Waals surface area contributed by atoms with Gasteiger partial charge in [-0.3, -0.25) is 4.79 Å². The molecule has 8 heteroatoms. The molecule has 1 amide bonds. The molecule has 0 aliphatic heterocycles. The monoisotopic (exact) mass is 451 g/mol. The fourth-order valence-corrected chi connectivity index (χ4v) is 3.03. The standard InChI is InChI=1S/C24H19ClFN3O3/c25-19-2-1-3-23(12-19)32-16-29-14-21(13-27-29)28-24(30)18-6-4-17(5-7-18)15-31-22-10-8-20(26)9-11-22/h1-14H,15-16H2,(H,28,30). The summed E-state index contributed by atoms with van der Waals surface area (Å²) in [4.78, 5) is 12.5. The summed E-state index contributed by atoms with van der Waals surface area (Å²) in [6.45, 7) is 0.492. The van der Waals surface area contributed by atoms with Gasteiger partial charge in [0.15, 0.2) is 6.73 Å². The molecular formula is C24H19ClFN3O3. The zero-order chi connectivity index (χ0) is 22.3. The van der Waals surface area contributed by atoms with Gasteiger partial charge in [-0.1, -0.05) is 29.8 Å². The van der Waals surface area contributed by atoms with Crippen molar-refractivity contribution >= 4 is 23.2 Å². The highest BCUT2D eigenvalue weighted by Gasteiger charge is 2.08. The highest BCUT2D eigenvalue weighted by Crippen LogP contribution is 2.18. The van der Waals surface area contributed by atoms with Crippen molar-refractivity contribution in [2.75, 3.05) is 5.32 Å². The summed E-state index contributed by atoms with van der Waals surface area (Å²) in [5.74, 6) is 0.630. The first kappa shape index (κ1) is 21.4. The zero-order valence-corrected chi connectivity index (χ0v) is 17.6. The van der Waals surface area contributed by atoms with Crippen LogP contribution >= 0.6 is 11.6 Å². The van der Waals surface area contributed by atoms with Crippen LogP contribution in [0.25, 0.3) is 0 Å². The Morgan fingerprint density at radius 3 is 2.53 bits per heavy atom. The lowest BCUT2D eigenvalue weighted by Gasteiger charge is -2.07. The minimum absolute atomic E-state index is 0.180. The number of hydrogen-bond donors (Lipinski definition) is 1. The van der Waals surface area contributed by atoms with Crippen LogP contribution in [0.5, 0.6) is 11.5 Å². The van der Waals surface area contributed by atoms with Crippen molar-refractivity contribution in [3.63, 3.8) is 0 Å².